The lowest BCUT2D eigenvalue weighted by Crippen LogP contribution is -2.14. The van der Waals surface area contributed by atoms with E-state index >= 15 is 0 Å². The van der Waals surface area contributed by atoms with E-state index in [1.54, 1.807) is 6.20 Å². The van der Waals surface area contributed by atoms with Gasteiger partial charge in [0.25, 0.3) is 0 Å². The van der Waals surface area contributed by atoms with Gasteiger partial charge in [0.2, 0.25) is 0 Å². The van der Waals surface area contributed by atoms with E-state index in [1.807, 2.05) is 18.2 Å². The Morgan fingerprint density at radius 3 is 2.77 bits per heavy atom. The average molecular weight is 178 g/mol. The molecule has 72 valence electrons. The molecule has 1 rings (SSSR count). The summed E-state index contributed by atoms with van der Waals surface area (Å²) in [5, 5.41) is 0. The molecular weight excluding hydrogens is 160 g/mol. The van der Waals surface area contributed by atoms with E-state index in [1.165, 1.54) is 6.42 Å². The lowest BCUT2D eigenvalue weighted by molar-refractivity contribution is 0.456. The van der Waals surface area contributed by atoms with Crippen molar-refractivity contribution in [3.8, 4) is 0 Å². The zero-order valence-corrected chi connectivity index (χ0v) is 8.40. The molecule has 0 fully saturated rings. The Bertz CT molecular complexity index is 233. The molecule has 0 spiro atoms. The zero-order chi connectivity index (χ0) is 9.68. The van der Waals surface area contributed by atoms with Gasteiger partial charge in [-0.15, -0.1) is 0 Å². The SMILES string of the molecule is CCC(C)CC(N)c1ccccn1. The van der Waals surface area contributed by atoms with Crippen LogP contribution in [0.2, 0.25) is 0 Å². The van der Waals surface area contributed by atoms with Crippen LogP contribution in [0.3, 0.4) is 0 Å². The molecule has 2 atom stereocenters. The molecule has 2 N–H and O–H groups in total. The first-order valence-corrected chi connectivity index (χ1v) is 4.90. The summed E-state index contributed by atoms with van der Waals surface area (Å²) in [4.78, 5) is 4.24. The second kappa shape index (κ2) is 4.97. The van der Waals surface area contributed by atoms with E-state index < -0.39 is 0 Å². The summed E-state index contributed by atoms with van der Waals surface area (Å²) in [6, 6.07) is 5.99. The maximum Gasteiger partial charge on any atom is 0.0571 e. The van der Waals surface area contributed by atoms with Crippen LogP contribution in [0.25, 0.3) is 0 Å². The summed E-state index contributed by atoms with van der Waals surface area (Å²) < 4.78 is 0. The molecule has 0 saturated heterocycles. The van der Waals surface area contributed by atoms with Gasteiger partial charge in [-0.05, 0) is 24.5 Å². The quantitative estimate of drug-likeness (QED) is 0.769. The number of rotatable bonds is 4. The van der Waals surface area contributed by atoms with Crippen molar-refractivity contribution < 1.29 is 0 Å². The molecule has 0 aliphatic heterocycles. The maximum atomic E-state index is 6.01. The molecule has 2 unspecified atom stereocenters. The van der Waals surface area contributed by atoms with Gasteiger partial charge in [0.1, 0.15) is 0 Å². The van der Waals surface area contributed by atoms with Crippen molar-refractivity contribution in [3.05, 3.63) is 30.1 Å². The molecule has 1 aromatic rings. The van der Waals surface area contributed by atoms with Crippen LogP contribution >= 0.6 is 0 Å². The summed E-state index contributed by atoms with van der Waals surface area (Å²) in [7, 11) is 0. The molecule has 2 heteroatoms. The predicted molar refractivity (Wildman–Crippen MR) is 55.2 cm³/mol. The number of pyridine rings is 1. The highest BCUT2D eigenvalue weighted by Crippen LogP contribution is 2.18. The normalized spacial score (nSPS) is 15.3. The Hall–Kier alpha value is -0.890. The van der Waals surface area contributed by atoms with Crippen molar-refractivity contribution in [1.82, 2.24) is 4.98 Å². The zero-order valence-electron chi connectivity index (χ0n) is 8.40. The molecule has 0 bridgehead atoms. The minimum absolute atomic E-state index is 0.0937. The summed E-state index contributed by atoms with van der Waals surface area (Å²) in [5.74, 6) is 0.678. The van der Waals surface area contributed by atoms with Gasteiger partial charge >= 0.3 is 0 Å². The summed E-state index contributed by atoms with van der Waals surface area (Å²) in [6.45, 7) is 4.42. The highest BCUT2D eigenvalue weighted by atomic mass is 14.8. The van der Waals surface area contributed by atoms with Crippen LogP contribution in [0.4, 0.5) is 0 Å². The Morgan fingerprint density at radius 2 is 2.23 bits per heavy atom. The first-order valence-electron chi connectivity index (χ1n) is 4.90. The van der Waals surface area contributed by atoms with Crippen LogP contribution in [0, 0.1) is 5.92 Å². The maximum absolute atomic E-state index is 6.01. The first kappa shape index (κ1) is 10.2. The first-order chi connectivity index (χ1) is 6.24. The van der Waals surface area contributed by atoms with Crippen molar-refractivity contribution in [2.75, 3.05) is 0 Å². The van der Waals surface area contributed by atoms with Gasteiger partial charge in [0, 0.05) is 12.2 Å². The van der Waals surface area contributed by atoms with Crippen molar-refractivity contribution >= 4 is 0 Å². The van der Waals surface area contributed by atoms with Gasteiger partial charge in [-0.2, -0.15) is 0 Å². The van der Waals surface area contributed by atoms with Crippen molar-refractivity contribution in [3.63, 3.8) is 0 Å². The Kier molecular flexibility index (Phi) is 3.90. The minimum Gasteiger partial charge on any atom is -0.323 e. The Balaban J connectivity index is 2.53. The second-order valence-corrected chi connectivity index (χ2v) is 3.61. The van der Waals surface area contributed by atoms with E-state index in [0.29, 0.717) is 5.92 Å². The monoisotopic (exact) mass is 178 g/mol. The standard InChI is InChI=1S/C11H18N2/c1-3-9(2)8-10(12)11-6-4-5-7-13-11/h4-7,9-10H,3,8,12H2,1-2H3. The number of nitrogens with two attached hydrogens (primary N) is 1. The molecule has 0 aromatic carbocycles. The van der Waals surface area contributed by atoms with Crippen molar-refractivity contribution in [2.45, 2.75) is 32.7 Å². The second-order valence-electron chi connectivity index (χ2n) is 3.61. The van der Waals surface area contributed by atoms with E-state index in [2.05, 4.69) is 18.8 Å². The average Bonchev–Trinajstić information content (AvgIpc) is 2.19. The molecule has 2 nitrogen and oxygen atoms in total. The van der Waals surface area contributed by atoms with E-state index in [9.17, 15) is 0 Å². The molecule has 0 aliphatic carbocycles. The third kappa shape index (κ3) is 3.15. The summed E-state index contributed by atoms with van der Waals surface area (Å²) >= 11 is 0. The molecule has 0 aliphatic rings. The fraction of sp³-hybridized carbons (Fsp3) is 0.545. The lowest BCUT2D eigenvalue weighted by atomic mass is 9.98. The fourth-order valence-corrected chi connectivity index (χ4v) is 1.32. The van der Waals surface area contributed by atoms with Crippen LogP contribution in [0.5, 0.6) is 0 Å². The van der Waals surface area contributed by atoms with Crippen LogP contribution in [-0.4, -0.2) is 4.98 Å². The molecule has 1 heterocycles. The third-order valence-electron chi connectivity index (χ3n) is 2.42. The molecule has 0 radical (unpaired) electrons. The molecule has 0 saturated carbocycles. The van der Waals surface area contributed by atoms with Crippen LogP contribution in [-0.2, 0) is 0 Å². The van der Waals surface area contributed by atoms with E-state index in [0.717, 1.165) is 12.1 Å². The largest absolute Gasteiger partial charge is 0.323 e. The number of hydrogen-bond donors (Lipinski definition) is 1. The highest BCUT2D eigenvalue weighted by Gasteiger charge is 2.09. The van der Waals surface area contributed by atoms with Crippen molar-refractivity contribution in [2.24, 2.45) is 11.7 Å². The fourth-order valence-electron chi connectivity index (χ4n) is 1.32. The van der Waals surface area contributed by atoms with Crippen LogP contribution in [0.15, 0.2) is 24.4 Å². The summed E-state index contributed by atoms with van der Waals surface area (Å²) in [5.41, 5.74) is 7.01. The Morgan fingerprint density at radius 1 is 1.46 bits per heavy atom. The van der Waals surface area contributed by atoms with Gasteiger partial charge in [0.15, 0.2) is 0 Å². The van der Waals surface area contributed by atoms with Gasteiger partial charge in [-0.1, -0.05) is 26.3 Å². The van der Waals surface area contributed by atoms with E-state index in [-0.39, 0.29) is 6.04 Å². The number of nitrogens with zero attached hydrogens (tertiary/aromatic N) is 1. The Labute approximate surface area is 80.2 Å². The third-order valence-corrected chi connectivity index (χ3v) is 2.42. The molecule has 13 heavy (non-hydrogen) atoms. The topological polar surface area (TPSA) is 38.9 Å². The molecular formula is C11H18N2. The van der Waals surface area contributed by atoms with Gasteiger partial charge < -0.3 is 5.73 Å². The highest BCUT2D eigenvalue weighted by molar-refractivity contribution is 5.07. The predicted octanol–water partition coefficient (Wildman–Crippen LogP) is 2.52. The number of aromatic nitrogens is 1. The van der Waals surface area contributed by atoms with Gasteiger partial charge in [-0.3, -0.25) is 4.98 Å². The van der Waals surface area contributed by atoms with Crippen LogP contribution in [0.1, 0.15) is 38.4 Å². The lowest BCUT2D eigenvalue weighted by Gasteiger charge is -2.14. The molecule has 0 amide bonds. The van der Waals surface area contributed by atoms with Crippen LogP contribution < -0.4 is 5.73 Å². The smallest absolute Gasteiger partial charge is 0.0571 e. The van der Waals surface area contributed by atoms with Gasteiger partial charge in [-0.25, -0.2) is 0 Å². The van der Waals surface area contributed by atoms with Crippen molar-refractivity contribution in [1.29, 1.82) is 0 Å². The number of hydrogen-bond acceptors (Lipinski definition) is 2. The summed E-state index contributed by atoms with van der Waals surface area (Å²) in [6.07, 6.45) is 4.00. The van der Waals surface area contributed by atoms with E-state index in [4.69, 9.17) is 5.73 Å². The minimum atomic E-state index is 0.0937. The van der Waals surface area contributed by atoms with Gasteiger partial charge in [0.05, 0.1) is 5.69 Å². The molecule has 1 aromatic heterocycles.